The Morgan fingerprint density at radius 3 is 2.50 bits per heavy atom. The number of ether oxygens (including phenoxy) is 1. The zero-order valence-electron chi connectivity index (χ0n) is 14.9. The summed E-state index contributed by atoms with van der Waals surface area (Å²) < 4.78 is 30.9. The van der Waals surface area contributed by atoms with Gasteiger partial charge in [0.15, 0.2) is 0 Å². The Hall–Kier alpha value is -2.54. The topological polar surface area (TPSA) is 75.7 Å². The van der Waals surface area contributed by atoms with Gasteiger partial charge in [-0.25, -0.2) is 8.42 Å². The minimum atomic E-state index is -3.21. The molecule has 2 aromatic carbocycles. The lowest BCUT2D eigenvalue weighted by Crippen LogP contribution is -2.25. The second-order valence-corrected chi connectivity index (χ2v) is 8.17. The quantitative estimate of drug-likeness (QED) is 0.872. The summed E-state index contributed by atoms with van der Waals surface area (Å²) >= 11 is 0. The maximum Gasteiger partial charge on any atom is 0.255 e. The summed E-state index contributed by atoms with van der Waals surface area (Å²) in [5.74, 6) is 0.677. The molecule has 2 aromatic rings. The van der Waals surface area contributed by atoms with Crippen molar-refractivity contribution < 1.29 is 17.9 Å². The Morgan fingerprint density at radius 1 is 1.19 bits per heavy atom. The average Bonchev–Trinajstić information content (AvgIpc) is 2.97. The van der Waals surface area contributed by atoms with E-state index in [0.717, 1.165) is 11.3 Å². The third-order valence-electron chi connectivity index (χ3n) is 4.27. The lowest BCUT2D eigenvalue weighted by molar-refractivity contribution is 0.102. The molecule has 0 bridgehead atoms. The Balaban J connectivity index is 1.74. The Labute approximate surface area is 153 Å². The number of nitrogens with one attached hydrogen (secondary N) is 1. The normalized spacial score (nSPS) is 15.7. The molecule has 1 amide bonds. The molecule has 6 nitrogen and oxygen atoms in total. The van der Waals surface area contributed by atoms with E-state index in [0.29, 0.717) is 36.5 Å². The second-order valence-electron chi connectivity index (χ2n) is 6.15. The third kappa shape index (κ3) is 3.83. The Bertz CT molecular complexity index is 908. The molecular weight excluding hydrogens is 352 g/mol. The Morgan fingerprint density at radius 2 is 1.92 bits per heavy atom. The van der Waals surface area contributed by atoms with Crippen molar-refractivity contribution >= 4 is 27.3 Å². The molecule has 26 heavy (non-hydrogen) atoms. The van der Waals surface area contributed by atoms with E-state index in [9.17, 15) is 13.2 Å². The van der Waals surface area contributed by atoms with Crippen LogP contribution in [0.1, 0.15) is 29.3 Å². The summed E-state index contributed by atoms with van der Waals surface area (Å²) in [6, 6.07) is 12.2. The van der Waals surface area contributed by atoms with E-state index in [1.54, 1.807) is 42.5 Å². The van der Waals surface area contributed by atoms with Crippen LogP contribution < -0.4 is 14.4 Å². The van der Waals surface area contributed by atoms with Crippen LogP contribution in [0.15, 0.2) is 42.5 Å². The van der Waals surface area contributed by atoms with E-state index in [-0.39, 0.29) is 11.7 Å². The molecular formula is C19H22N2O4S. The van der Waals surface area contributed by atoms with Crippen molar-refractivity contribution in [1.82, 2.24) is 0 Å². The van der Waals surface area contributed by atoms with Crippen LogP contribution in [0, 0.1) is 6.92 Å². The summed E-state index contributed by atoms with van der Waals surface area (Å²) in [7, 11) is -3.21. The minimum Gasteiger partial charge on any atom is -0.494 e. The molecule has 1 heterocycles. The molecule has 0 aliphatic carbocycles. The van der Waals surface area contributed by atoms with E-state index in [4.69, 9.17) is 4.74 Å². The van der Waals surface area contributed by atoms with Crippen molar-refractivity contribution in [3.05, 3.63) is 53.6 Å². The molecule has 0 unspecified atom stereocenters. The number of hydrogen-bond donors (Lipinski definition) is 1. The third-order valence-corrected chi connectivity index (χ3v) is 6.14. The summed E-state index contributed by atoms with van der Waals surface area (Å²) in [5.41, 5.74) is 2.63. The van der Waals surface area contributed by atoms with E-state index in [1.165, 1.54) is 4.31 Å². The average molecular weight is 374 g/mol. The number of hydrogen-bond acceptors (Lipinski definition) is 4. The molecule has 1 saturated heterocycles. The lowest BCUT2D eigenvalue weighted by Gasteiger charge is -2.18. The van der Waals surface area contributed by atoms with Crippen molar-refractivity contribution in [3.63, 3.8) is 0 Å². The van der Waals surface area contributed by atoms with Gasteiger partial charge in [0.05, 0.1) is 18.0 Å². The molecule has 1 N–H and O–H groups in total. The monoisotopic (exact) mass is 374 g/mol. The predicted molar refractivity (Wildman–Crippen MR) is 102 cm³/mol. The number of aryl methyl sites for hydroxylation is 1. The van der Waals surface area contributed by atoms with Gasteiger partial charge in [0.25, 0.3) is 5.91 Å². The molecule has 1 fully saturated rings. The highest BCUT2D eigenvalue weighted by molar-refractivity contribution is 7.93. The van der Waals surface area contributed by atoms with Crippen molar-refractivity contribution in [2.45, 2.75) is 20.3 Å². The summed E-state index contributed by atoms with van der Waals surface area (Å²) in [6.45, 7) is 4.82. The fraction of sp³-hybridized carbons (Fsp3) is 0.316. The highest BCUT2D eigenvalue weighted by Crippen LogP contribution is 2.28. The van der Waals surface area contributed by atoms with Crippen molar-refractivity contribution in [1.29, 1.82) is 0 Å². The molecule has 0 aromatic heterocycles. The van der Waals surface area contributed by atoms with Gasteiger partial charge in [-0.1, -0.05) is 0 Å². The van der Waals surface area contributed by atoms with Crippen molar-refractivity contribution in [2.75, 3.05) is 28.5 Å². The van der Waals surface area contributed by atoms with Crippen LogP contribution in [0.25, 0.3) is 0 Å². The van der Waals surface area contributed by atoms with Gasteiger partial charge < -0.3 is 10.1 Å². The van der Waals surface area contributed by atoms with Crippen LogP contribution >= 0.6 is 0 Å². The summed E-state index contributed by atoms with van der Waals surface area (Å²) in [5, 5.41) is 2.87. The number of amides is 1. The van der Waals surface area contributed by atoms with Crippen LogP contribution in [0.2, 0.25) is 0 Å². The zero-order chi connectivity index (χ0) is 18.7. The zero-order valence-corrected chi connectivity index (χ0v) is 15.7. The van der Waals surface area contributed by atoms with Crippen LogP contribution in [0.3, 0.4) is 0 Å². The molecule has 1 aliphatic heterocycles. The lowest BCUT2D eigenvalue weighted by atomic mass is 10.1. The van der Waals surface area contributed by atoms with Crippen molar-refractivity contribution in [2.24, 2.45) is 0 Å². The van der Waals surface area contributed by atoms with Crippen LogP contribution in [0.4, 0.5) is 11.4 Å². The maximum atomic E-state index is 12.4. The number of anilines is 2. The van der Waals surface area contributed by atoms with Gasteiger partial charge in [0.1, 0.15) is 5.75 Å². The number of nitrogens with zero attached hydrogens (tertiary/aromatic N) is 1. The standard InChI is InChI=1S/C19H22N2O4S/c1-3-25-17-8-5-15(6-9-17)19(22)20-18-10-7-16(13-14(18)2)21-11-4-12-26(21,23)24/h5-10,13H,3-4,11-12H2,1-2H3,(H,20,22). The first-order chi connectivity index (χ1) is 12.4. The summed E-state index contributed by atoms with van der Waals surface area (Å²) in [6.07, 6.45) is 0.637. The molecule has 0 atom stereocenters. The summed E-state index contributed by atoms with van der Waals surface area (Å²) in [4.78, 5) is 12.4. The first kappa shape index (κ1) is 18.3. The molecule has 0 radical (unpaired) electrons. The van der Waals surface area contributed by atoms with E-state index in [2.05, 4.69) is 5.32 Å². The van der Waals surface area contributed by atoms with Crippen molar-refractivity contribution in [3.8, 4) is 5.75 Å². The SMILES string of the molecule is CCOc1ccc(C(=O)Nc2ccc(N3CCCS3(=O)=O)cc2C)cc1. The number of carbonyl (C=O) groups is 1. The van der Waals surface area contributed by atoms with Gasteiger partial charge in [-0.05, 0) is 68.3 Å². The highest BCUT2D eigenvalue weighted by atomic mass is 32.2. The number of carbonyl (C=O) groups excluding carboxylic acids is 1. The van der Waals surface area contributed by atoms with Gasteiger partial charge >= 0.3 is 0 Å². The van der Waals surface area contributed by atoms with E-state index >= 15 is 0 Å². The van der Waals surface area contributed by atoms with Crippen LogP contribution in [-0.2, 0) is 10.0 Å². The molecule has 7 heteroatoms. The van der Waals surface area contributed by atoms with Gasteiger partial charge in [-0.15, -0.1) is 0 Å². The van der Waals surface area contributed by atoms with Gasteiger partial charge in [-0.3, -0.25) is 9.10 Å². The fourth-order valence-corrected chi connectivity index (χ4v) is 4.49. The number of sulfonamides is 1. The Kier molecular flexibility index (Phi) is 5.18. The first-order valence-electron chi connectivity index (χ1n) is 8.56. The minimum absolute atomic E-state index is 0.183. The molecule has 0 saturated carbocycles. The maximum absolute atomic E-state index is 12.4. The largest absolute Gasteiger partial charge is 0.494 e. The highest BCUT2D eigenvalue weighted by Gasteiger charge is 2.28. The smallest absolute Gasteiger partial charge is 0.255 e. The second kappa shape index (κ2) is 7.37. The van der Waals surface area contributed by atoms with Crippen LogP contribution in [-0.4, -0.2) is 33.2 Å². The number of rotatable bonds is 5. The van der Waals surface area contributed by atoms with Crippen LogP contribution in [0.5, 0.6) is 5.75 Å². The van der Waals surface area contributed by atoms with Gasteiger partial charge in [0, 0.05) is 17.8 Å². The van der Waals surface area contributed by atoms with Gasteiger partial charge in [-0.2, -0.15) is 0 Å². The molecule has 1 aliphatic rings. The fourth-order valence-electron chi connectivity index (χ4n) is 2.94. The van der Waals surface area contributed by atoms with E-state index < -0.39 is 10.0 Å². The van der Waals surface area contributed by atoms with Gasteiger partial charge in [0.2, 0.25) is 10.0 Å². The number of benzene rings is 2. The predicted octanol–water partition coefficient (Wildman–Crippen LogP) is 3.19. The molecule has 3 rings (SSSR count). The molecule has 0 spiro atoms. The first-order valence-corrected chi connectivity index (χ1v) is 10.2. The molecule has 138 valence electrons. The van der Waals surface area contributed by atoms with E-state index in [1.807, 2.05) is 13.8 Å².